The second-order valence-electron chi connectivity index (χ2n) is 7.96. The number of nitrogens with zero attached hydrogens (tertiary/aromatic N) is 5. The molecule has 0 N–H and O–H groups in total. The predicted octanol–water partition coefficient (Wildman–Crippen LogP) is 2.74. The first-order chi connectivity index (χ1) is 13.3. The lowest BCUT2D eigenvalue weighted by molar-refractivity contribution is 0.0232. The normalized spacial score (nSPS) is 17.9. The Hall–Kier alpha value is -2.90. The van der Waals surface area contributed by atoms with Gasteiger partial charge in [0.1, 0.15) is 5.60 Å². The molecular weight excluding hydrogens is 358 g/mol. The number of amides is 2. The van der Waals surface area contributed by atoms with E-state index in [1.807, 2.05) is 50.8 Å². The Kier molecular flexibility index (Phi) is 5.67. The fourth-order valence-electron chi connectivity index (χ4n) is 3.28. The molecular formula is C20H27N5O3. The Morgan fingerprint density at radius 1 is 1.11 bits per heavy atom. The van der Waals surface area contributed by atoms with Crippen LogP contribution < -0.4 is 0 Å². The van der Waals surface area contributed by atoms with Crippen LogP contribution in [-0.2, 0) is 4.74 Å². The van der Waals surface area contributed by atoms with E-state index in [9.17, 15) is 9.59 Å². The fourth-order valence-corrected chi connectivity index (χ4v) is 3.28. The van der Waals surface area contributed by atoms with Crippen LogP contribution in [-0.4, -0.2) is 68.1 Å². The second kappa shape index (κ2) is 8.00. The average Bonchev–Trinajstić information content (AvgIpc) is 3.09. The van der Waals surface area contributed by atoms with Crippen molar-refractivity contribution in [2.75, 3.05) is 19.6 Å². The summed E-state index contributed by atoms with van der Waals surface area (Å²) in [5.41, 5.74) is 0.631. The number of para-hydroxylation sites is 1. The van der Waals surface area contributed by atoms with Gasteiger partial charge in [-0.3, -0.25) is 4.79 Å². The van der Waals surface area contributed by atoms with Crippen LogP contribution >= 0.6 is 0 Å². The van der Waals surface area contributed by atoms with Gasteiger partial charge in [-0.2, -0.15) is 15.0 Å². The van der Waals surface area contributed by atoms with Crippen molar-refractivity contribution in [3.05, 3.63) is 42.2 Å². The van der Waals surface area contributed by atoms with Gasteiger partial charge in [0.2, 0.25) is 0 Å². The molecule has 1 aromatic carbocycles. The van der Waals surface area contributed by atoms with Crippen molar-refractivity contribution in [3.63, 3.8) is 0 Å². The first-order valence-electron chi connectivity index (χ1n) is 9.51. The van der Waals surface area contributed by atoms with Gasteiger partial charge in [0.05, 0.1) is 23.6 Å². The molecule has 2 heterocycles. The van der Waals surface area contributed by atoms with E-state index >= 15 is 0 Å². The van der Waals surface area contributed by atoms with Gasteiger partial charge in [0, 0.05) is 25.7 Å². The summed E-state index contributed by atoms with van der Waals surface area (Å²) in [6.07, 6.45) is 3.51. The van der Waals surface area contributed by atoms with Crippen LogP contribution in [0.1, 0.15) is 44.5 Å². The van der Waals surface area contributed by atoms with Crippen LogP contribution in [0, 0.1) is 0 Å². The lowest BCUT2D eigenvalue weighted by Crippen LogP contribution is -2.45. The highest BCUT2D eigenvalue weighted by atomic mass is 16.6. The third-order valence-electron chi connectivity index (χ3n) is 4.52. The standard InChI is InChI=1S/C20H27N5O3/c1-15-14-23(19(27)28-20(2,3)4)12-7-13-24(15)18(26)16-8-5-6-9-17(16)25-21-10-11-22-25/h5-6,8-11,15H,7,12-14H2,1-4H3/t15-/m0/s1. The van der Waals surface area contributed by atoms with Crippen LogP contribution in [0.5, 0.6) is 0 Å². The molecule has 28 heavy (non-hydrogen) atoms. The predicted molar refractivity (Wildman–Crippen MR) is 104 cm³/mol. The highest BCUT2D eigenvalue weighted by molar-refractivity contribution is 5.98. The molecule has 8 heteroatoms. The number of carbonyl (C=O) groups excluding carboxylic acids is 2. The van der Waals surface area contributed by atoms with E-state index in [-0.39, 0.29) is 18.0 Å². The molecule has 150 valence electrons. The quantitative estimate of drug-likeness (QED) is 0.794. The van der Waals surface area contributed by atoms with E-state index in [2.05, 4.69) is 10.2 Å². The first-order valence-corrected chi connectivity index (χ1v) is 9.51. The highest BCUT2D eigenvalue weighted by Crippen LogP contribution is 2.20. The number of hydrogen-bond donors (Lipinski definition) is 0. The summed E-state index contributed by atoms with van der Waals surface area (Å²) >= 11 is 0. The van der Waals surface area contributed by atoms with E-state index in [0.29, 0.717) is 37.3 Å². The van der Waals surface area contributed by atoms with Crippen LogP contribution in [0.25, 0.3) is 5.69 Å². The van der Waals surface area contributed by atoms with Gasteiger partial charge >= 0.3 is 6.09 Å². The molecule has 2 aromatic rings. The second-order valence-corrected chi connectivity index (χ2v) is 7.96. The maximum Gasteiger partial charge on any atom is 0.410 e. The molecule has 2 amide bonds. The van der Waals surface area contributed by atoms with E-state index in [1.165, 1.54) is 4.80 Å². The Balaban J connectivity index is 1.78. The molecule has 0 unspecified atom stereocenters. The van der Waals surface area contributed by atoms with Crippen LogP contribution in [0.4, 0.5) is 4.79 Å². The SMILES string of the molecule is C[C@H]1CN(C(=O)OC(C)(C)C)CCCN1C(=O)c1ccccc1-n1nccn1. The van der Waals surface area contributed by atoms with E-state index < -0.39 is 5.60 Å². The molecule has 0 saturated carbocycles. The molecule has 3 rings (SSSR count). The zero-order valence-electron chi connectivity index (χ0n) is 16.8. The maximum atomic E-state index is 13.3. The van der Waals surface area contributed by atoms with Crippen molar-refractivity contribution in [1.29, 1.82) is 0 Å². The van der Waals surface area contributed by atoms with Crippen LogP contribution in [0.2, 0.25) is 0 Å². The molecule has 1 atom stereocenters. The molecule has 0 spiro atoms. The summed E-state index contributed by atoms with van der Waals surface area (Å²) in [6.45, 7) is 9.07. The van der Waals surface area contributed by atoms with Crippen molar-refractivity contribution in [1.82, 2.24) is 24.8 Å². The highest BCUT2D eigenvalue weighted by Gasteiger charge is 2.31. The summed E-state index contributed by atoms with van der Waals surface area (Å²) in [7, 11) is 0. The van der Waals surface area contributed by atoms with Crippen LogP contribution in [0.15, 0.2) is 36.7 Å². The van der Waals surface area contributed by atoms with Crippen molar-refractivity contribution < 1.29 is 14.3 Å². The van der Waals surface area contributed by atoms with E-state index in [0.717, 1.165) is 0 Å². The number of rotatable bonds is 2. The summed E-state index contributed by atoms with van der Waals surface area (Å²) in [5, 5.41) is 8.29. The van der Waals surface area contributed by atoms with Gasteiger partial charge in [0.15, 0.2) is 0 Å². The number of aromatic nitrogens is 3. The lowest BCUT2D eigenvalue weighted by atomic mass is 10.1. The lowest BCUT2D eigenvalue weighted by Gasteiger charge is -2.30. The summed E-state index contributed by atoms with van der Waals surface area (Å²) in [5.74, 6) is -0.0913. The fraction of sp³-hybridized carbons (Fsp3) is 0.500. The van der Waals surface area contributed by atoms with Crippen molar-refractivity contribution in [3.8, 4) is 5.69 Å². The largest absolute Gasteiger partial charge is 0.444 e. The van der Waals surface area contributed by atoms with Crippen molar-refractivity contribution in [2.45, 2.75) is 45.8 Å². The molecule has 1 aromatic heterocycles. The molecule has 0 bridgehead atoms. The Labute approximate surface area is 165 Å². The monoisotopic (exact) mass is 385 g/mol. The number of ether oxygens (including phenoxy) is 1. The minimum atomic E-state index is -0.544. The summed E-state index contributed by atoms with van der Waals surface area (Å²) in [4.78, 5) is 30.7. The zero-order valence-corrected chi connectivity index (χ0v) is 16.8. The van der Waals surface area contributed by atoms with Gasteiger partial charge in [0.25, 0.3) is 5.91 Å². The summed E-state index contributed by atoms with van der Waals surface area (Å²) in [6, 6.07) is 7.15. The van der Waals surface area contributed by atoms with Gasteiger partial charge in [-0.1, -0.05) is 12.1 Å². The molecule has 1 saturated heterocycles. The molecule has 1 fully saturated rings. The molecule has 0 radical (unpaired) electrons. The van der Waals surface area contributed by atoms with Gasteiger partial charge < -0.3 is 14.5 Å². The minimum Gasteiger partial charge on any atom is -0.444 e. The summed E-state index contributed by atoms with van der Waals surface area (Å²) < 4.78 is 5.49. The van der Waals surface area contributed by atoms with Gasteiger partial charge in [-0.15, -0.1) is 0 Å². The minimum absolute atomic E-state index is 0.0913. The number of benzene rings is 1. The maximum absolute atomic E-state index is 13.3. The Morgan fingerprint density at radius 2 is 1.79 bits per heavy atom. The Bertz CT molecular complexity index is 829. The molecule has 8 nitrogen and oxygen atoms in total. The van der Waals surface area contributed by atoms with E-state index in [1.54, 1.807) is 23.4 Å². The van der Waals surface area contributed by atoms with Gasteiger partial charge in [-0.25, -0.2) is 4.79 Å². The number of carbonyl (C=O) groups is 2. The third kappa shape index (κ3) is 4.49. The average molecular weight is 385 g/mol. The first kappa shape index (κ1) is 19.9. The van der Waals surface area contributed by atoms with Crippen molar-refractivity contribution in [2.24, 2.45) is 0 Å². The van der Waals surface area contributed by atoms with Crippen LogP contribution in [0.3, 0.4) is 0 Å². The molecule has 1 aliphatic rings. The van der Waals surface area contributed by atoms with Crippen molar-refractivity contribution >= 4 is 12.0 Å². The molecule has 0 aliphatic carbocycles. The third-order valence-corrected chi connectivity index (χ3v) is 4.52. The van der Waals surface area contributed by atoms with E-state index in [4.69, 9.17) is 4.74 Å². The molecule has 1 aliphatic heterocycles. The zero-order chi connectivity index (χ0) is 20.3. The number of hydrogen-bond acceptors (Lipinski definition) is 5. The Morgan fingerprint density at radius 3 is 2.46 bits per heavy atom. The smallest absolute Gasteiger partial charge is 0.410 e. The van der Waals surface area contributed by atoms with Gasteiger partial charge in [-0.05, 0) is 46.2 Å². The topological polar surface area (TPSA) is 80.6 Å².